The summed E-state index contributed by atoms with van der Waals surface area (Å²) in [6.45, 7) is 3.14. The minimum Gasteiger partial charge on any atom is -0.484 e. The Morgan fingerprint density at radius 1 is 1.17 bits per heavy atom. The van der Waals surface area contributed by atoms with Crippen LogP contribution in [0.15, 0.2) is 24.3 Å². The van der Waals surface area contributed by atoms with Crippen LogP contribution in [-0.2, 0) is 14.4 Å². The van der Waals surface area contributed by atoms with Crippen LogP contribution < -0.4 is 15.4 Å². The third-order valence-corrected chi connectivity index (χ3v) is 3.22. The second-order valence-corrected chi connectivity index (χ2v) is 6.04. The summed E-state index contributed by atoms with van der Waals surface area (Å²) in [6.07, 6.45) is 0.314. The van der Waals surface area contributed by atoms with Crippen LogP contribution in [0.4, 0.5) is 0 Å². The fourth-order valence-electron chi connectivity index (χ4n) is 1.85. The molecule has 0 aromatic heterocycles. The van der Waals surface area contributed by atoms with E-state index in [2.05, 4.69) is 10.6 Å². The number of amides is 2. The highest BCUT2D eigenvalue weighted by Gasteiger charge is 2.21. The number of rotatable bonds is 9. The van der Waals surface area contributed by atoms with Gasteiger partial charge >= 0.3 is 5.97 Å². The number of benzene rings is 1. The monoisotopic (exact) mass is 356 g/mol. The fraction of sp³-hybridized carbons (Fsp3) is 0.438. The molecule has 1 aromatic carbocycles. The lowest BCUT2D eigenvalue weighted by molar-refractivity contribution is -0.142. The normalized spacial score (nSPS) is 11.7. The minimum absolute atomic E-state index is 0.119. The highest BCUT2D eigenvalue weighted by Crippen LogP contribution is 2.15. The molecule has 24 heavy (non-hydrogen) atoms. The summed E-state index contributed by atoms with van der Waals surface area (Å²) in [5.74, 6) is -1.57. The number of carbonyl (C=O) groups excluding carboxylic acids is 2. The molecular weight excluding hydrogens is 336 g/mol. The Balaban J connectivity index is 2.33. The molecule has 1 rings (SSSR count). The van der Waals surface area contributed by atoms with Gasteiger partial charge in [0.15, 0.2) is 6.61 Å². The SMILES string of the molecule is CC(C)C[C@H](NC(=O)CNC(=O)COc1ccc(Cl)cc1)C(=O)O. The van der Waals surface area contributed by atoms with Crippen LogP contribution in [0.1, 0.15) is 20.3 Å². The number of carbonyl (C=O) groups is 3. The van der Waals surface area contributed by atoms with Gasteiger partial charge in [-0.2, -0.15) is 0 Å². The Morgan fingerprint density at radius 2 is 1.79 bits per heavy atom. The van der Waals surface area contributed by atoms with E-state index in [4.69, 9.17) is 21.4 Å². The van der Waals surface area contributed by atoms with E-state index in [-0.39, 0.29) is 19.1 Å². The lowest BCUT2D eigenvalue weighted by Crippen LogP contribution is -2.46. The van der Waals surface area contributed by atoms with Crippen molar-refractivity contribution >= 4 is 29.4 Å². The molecule has 1 atom stereocenters. The summed E-state index contributed by atoms with van der Waals surface area (Å²) in [7, 11) is 0. The standard InChI is InChI=1S/C16H21ClN2O5/c1-10(2)7-13(16(22)23)19-14(20)8-18-15(21)9-24-12-5-3-11(17)4-6-12/h3-6,10,13H,7-9H2,1-2H3,(H,18,21)(H,19,20)(H,22,23)/t13-/m0/s1. The van der Waals surface area contributed by atoms with Crippen molar-refractivity contribution in [2.24, 2.45) is 5.92 Å². The van der Waals surface area contributed by atoms with Crippen molar-refractivity contribution < 1.29 is 24.2 Å². The van der Waals surface area contributed by atoms with Gasteiger partial charge < -0.3 is 20.5 Å². The number of carboxylic acids is 1. The third kappa shape index (κ3) is 7.82. The summed E-state index contributed by atoms with van der Waals surface area (Å²) in [5, 5.41) is 14.3. The molecule has 0 saturated heterocycles. The molecule has 2 amide bonds. The predicted molar refractivity (Wildman–Crippen MR) is 89.0 cm³/mol. The Bertz CT molecular complexity index is 574. The van der Waals surface area contributed by atoms with Crippen molar-refractivity contribution in [3.8, 4) is 5.75 Å². The Hall–Kier alpha value is -2.28. The first-order valence-electron chi connectivity index (χ1n) is 7.45. The van der Waals surface area contributed by atoms with E-state index in [0.29, 0.717) is 17.2 Å². The molecule has 1 aromatic rings. The summed E-state index contributed by atoms with van der Waals surface area (Å²) >= 11 is 5.73. The zero-order valence-electron chi connectivity index (χ0n) is 13.5. The maximum absolute atomic E-state index is 11.7. The summed E-state index contributed by atoms with van der Waals surface area (Å²) < 4.78 is 5.23. The molecular formula is C16H21ClN2O5. The van der Waals surface area contributed by atoms with Crippen molar-refractivity contribution in [2.75, 3.05) is 13.2 Å². The van der Waals surface area contributed by atoms with E-state index >= 15 is 0 Å². The maximum atomic E-state index is 11.7. The van der Waals surface area contributed by atoms with Crippen LogP contribution in [0, 0.1) is 5.92 Å². The molecule has 0 radical (unpaired) electrons. The number of ether oxygens (including phenoxy) is 1. The molecule has 3 N–H and O–H groups in total. The van der Waals surface area contributed by atoms with Gasteiger partial charge in [0.2, 0.25) is 5.91 Å². The van der Waals surface area contributed by atoms with Gasteiger partial charge in [-0.05, 0) is 36.6 Å². The van der Waals surface area contributed by atoms with Crippen LogP contribution in [0.3, 0.4) is 0 Å². The van der Waals surface area contributed by atoms with Gasteiger partial charge in [0, 0.05) is 5.02 Å². The molecule has 0 unspecified atom stereocenters. The number of halogens is 1. The zero-order valence-corrected chi connectivity index (χ0v) is 14.3. The number of hydrogen-bond acceptors (Lipinski definition) is 4. The second-order valence-electron chi connectivity index (χ2n) is 5.61. The fourth-order valence-corrected chi connectivity index (χ4v) is 1.97. The van der Waals surface area contributed by atoms with E-state index in [1.165, 1.54) is 0 Å². The predicted octanol–water partition coefficient (Wildman–Crippen LogP) is 1.45. The van der Waals surface area contributed by atoms with Crippen LogP contribution in [0.5, 0.6) is 5.75 Å². The topological polar surface area (TPSA) is 105 Å². The molecule has 7 nitrogen and oxygen atoms in total. The van der Waals surface area contributed by atoms with Crippen molar-refractivity contribution in [2.45, 2.75) is 26.3 Å². The highest BCUT2D eigenvalue weighted by molar-refractivity contribution is 6.30. The molecule has 0 saturated carbocycles. The van der Waals surface area contributed by atoms with Gasteiger partial charge in [0.25, 0.3) is 5.91 Å². The van der Waals surface area contributed by atoms with Gasteiger partial charge in [0.05, 0.1) is 6.54 Å². The smallest absolute Gasteiger partial charge is 0.326 e. The van der Waals surface area contributed by atoms with E-state index in [1.807, 2.05) is 13.8 Å². The van der Waals surface area contributed by atoms with Gasteiger partial charge in [-0.1, -0.05) is 25.4 Å². The van der Waals surface area contributed by atoms with Gasteiger partial charge in [0.1, 0.15) is 11.8 Å². The number of nitrogens with one attached hydrogen (secondary N) is 2. The number of hydrogen-bond donors (Lipinski definition) is 3. The van der Waals surface area contributed by atoms with E-state index in [1.54, 1.807) is 24.3 Å². The third-order valence-electron chi connectivity index (χ3n) is 2.97. The summed E-state index contributed by atoms with van der Waals surface area (Å²) in [5.41, 5.74) is 0. The van der Waals surface area contributed by atoms with Gasteiger partial charge in [-0.3, -0.25) is 9.59 Å². The van der Waals surface area contributed by atoms with Crippen LogP contribution in [-0.4, -0.2) is 42.1 Å². The quantitative estimate of drug-likeness (QED) is 0.621. The molecule has 0 aliphatic heterocycles. The highest BCUT2D eigenvalue weighted by atomic mass is 35.5. The first-order chi connectivity index (χ1) is 11.3. The van der Waals surface area contributed by atoms with Crippen LogP contribution in [0.2, 0.25) is 5.02 Å². The van der Waals surface area contributed by atoms with Crippen LogP contribution in [0.25, 0.3) is 0 Å². The maximum Gasteiger partial charge on any atom is 0.326 e. The van der Waals surface area contributed by atoms with E-state index < -0.39 is 23.8 Å². The summed E-state index contributed by atoms with van der Waals surface area (Å²) in [4.78, 5) is 34.4. The molecule has 0 spiro atoms. The van der Waals surface area contributed by atoms with Gasteiger partial charge in [-0.15, -0.1) is 0 Å². The Kier molecular flexibility index (Phi) is 8.05. The van der Waals surface area contributed by atoms with Crippen molar-refractivity contribution in [3.05, 3.63) is 29.3 Å². The molecule has 0 bridgehead atoms. The van der Waals surface area contributed by atoms with E-state index in [9.17, 15) is 14.4 Å². The lowest BCUT2D eigenvalue weighted by atomic mass is 10.0. The zero-order chi connectivity index (χ0) is 18.1. The Morgan fingerprint density at radius 3 is 2.33 bits per heavy atom. The minimum atomic E-state index is -1.10. The largest absolute Gasteiger partial charge is 0.484 e. The van der Waals surface area contributed by atoms with Crippen molar-refractivity contribution in [3.63, 3.8) is 0 Å². The van der Waals surface area contributed by atoms with Gasteiger partial charge in [-0.25, -0.2) is 4.79 Å². The van der Waals surface area contributed by atoms with E-state index in [0.717, 1.165) is 0 Å². The van der Waals surface area contributed by atoms with Crippen molar-refractivity contribution in [1.82, 2.24) is 10.6 Å². The molecule has 8 heteroatoms. The second kappa shape index (κ2) is 9.77. The first kappa shape index (κ1) is 19.8. The summed E-state index contributed by atoms with van der Waals surface area (Å²) in [6, 6.07) is 5.52. The average molecular weight is 357 g/mol. The molecule has 0 fully saturated rings. The average Bonchev–Trinajstić information content (AvgIpc) is 2.51. The molecule has 0 aliphatic rings. The molecule has 0 aliphatic carbocycles. The lowest BCUT2D eigenvalue weighted by Gasteiger charge is -2.16. The van der Waals surface area contributed by atoms with Crippen molar-refractivity contribution in [1.29, 1.82) is 0 Å². The Labute approximate surface area is 145 Å². The first-order valence-corrected chi connectivity index (χ1v) is 7.83. The number of aliphatic carboxylic acids is 1. The molecule has 0 heterocycles. The van der Waals surface area contributed by atoms with Crippen LogP contribution >= 0.6 is 11.6 Å². The number of carboxylic acid groups (broad SMARTS) is 1. The molecule has 132 valence electrons.